The Kier molecular flexibility index (Phi) is 11.2. The summed E-state index contributed by atoms with van der Waals surface area (Å²) in [4.78, 5) is 19.3. The molecule has 4 aromatic rings. The van der Waals surface area contributed by atoms with Crippen molar-refractivity contribution in [3.8, 4) is 23.1 Å². The second kappa shape index (κ2) is 15.9. The van der Waals surface area contributed by atoms with E-state index in [2.05, 4.69) is 16.5 Å². The van der Waals surface area contributed by atoms with Crippen molar-refractivity contribution in [1.29, 1.82) is 5.26 Å². The number of esters is 1. The molecule has 0 radical (unpaired) electrons. The summed E-state index contributed by atoms with van der Waals surface area (Å²) >= 11 is 1.34. The molecule has 2 unspecified atom stereocenters. The SMILES string of the molecule is Cc1cc(CN2C=CN(C[C@H](O)C(c3ccc(F)cc3F)[C@@H](CN)c3nc(-c4ccc(C#N)cc4)cs3)N=C2)cc(C)c1OC(=O)C1CCCN1. The standard InChI is InChI=1S/C38H39F2N7O3S/c1-23-14-26(15-24(2)36(23)50-38(49)32-4-3-11-43-32)19-46-12-13-47(44-22-46)20-34(48)35(29-10-9-28(39)16-31(29)40)30(18-42)37-45-33(21-51-37)27-7-5-25(17-41)6-8-27/h5-10,12-16,21-22,30,32,34-35,43,48H,3-4,11,18-20,42H2,1-2H3/t30-,32?,34+,35?/m1/s1. The topological polar surface area (TPSA) is 140 Å². The monoisotopic (exact) mass is 711 g/mol. The maximum Gasteiger partial charge on any atom is 0.328 e. The number of hydrazone groups is 1. The number of hydrogen-bond acceptors (Lipinski definition) is 11. The van der Waals surface area contributed by atoms with E-state index in [1.165, 1.54) is 23.5 Å². The molecule has 3 aromatic carbocycles. The summed E-state index contributed by atoms with van der Waals surface area (Å²) in [5, 5.41) is 32.5. The fourth-order valence-electron chi connectivity index (χ4n) is 6.61. The predicted octanol–water partition coefficient (Wildman–Crippen LogP) is 5.65. The van der Waals surface area contributed by atoms with E-state index < -0.39 is 29.6 Å². The fraction of sp³-hybridized carbons (Fsp3) is 0.316. The average molecular weight is 712 g/mol. The first-order valence-electron chi connectivity index (χ1n) is 16.7. The number of benzene rings is 3. The molecule has 13 heteroatoms. The van der Waals surface area contributed by atoms with Crippen LogP contribution in [0.3, 0.4) is 0 Å². The van der Waals surface area contributed by atoms with Gasteiger partial charge in [-0.25, -0.2) is 18.6 Å². The fourth-order valence-corrected chi connectivity index (χ4v) is 7.60. The Morgan fingerprint density at radius 2 is 1.92 bits per heavy atom. The number of aromatic nitrogens is 1. The van der Waals surface area contributed by atoms with Crippen molar-refractivity contribution in [2.75, 3.05) is 19.6 Å². The summed E-state index contributed by atoms with van der Waals surface area (Å²) in [5.41, 5.74) is 11.1. The van der Waals surface area contributed by atoms with Crippen molar-refractivity contribution in [2.24, 2.45) is 10.8 Å². The largest absolute Gasteiger partial charge is 0.425 e. The Morgan fingerprint density at radius 3 is 2.55 bits per heavy atom. The molecule has 3 heterocycles. The van der Waals surface area contributed by atoms with Crippen LogP contribution in [0.4, 0.5) is 8.78 Å². The second-order valence-corrected chi connectivity index (χ2v) is 13.7. The number of nitrogens with two attached hydrogens (primary N) is 1. The van der Waals surface area contributed by atoms with Gasteiger partial charge in [0.25, 0.3) is 0 Å². The average Bonchev–Trinajstić information content (AvgIpc) is 3.84. The van der Waals surface area contributed by atoms with Crippen LogP contribution in [0.5, 0.6) is 5.75 Å². The van der Waals surface area contributed by atoms with Crippen LogP contribution in [0.1, 0.15) is 57.5 Å². The van der Waals surface area contributed by atoms with Crippen molar-refractivity contribution in [1.82, 2.24) is 20.2 Å². The lowest BCUT2D eigenvalue weighted by molar-refractivity contribution is -0.136. The molecule has 0 amide bonds. The molecule has 0 saturated carbocycles. The third-order valence-electron chi connectivity index (χ3n) is 9.16. The molecular weight excluding hydrogens is 673 g/mol. The molecule has 0 spiro atoms. The van der Waals surface area contributed by atoms with Crippen LogP contribution in [-0.4, -0.2) is 64.1 Å². The van der Waals surface area contributed by atoms with Gasteiger partial charge in [-0.2, -0.15) is 10.4 Å². The summed E-state index contributed by atoms with van der Waals surface area (Å²) in [6.07, 6.45) is 5.73. The maximum atomic E-state index is 15.3. The number of thiazole rings is 1. The van der Waals surface area contributed by atoms with Crippen LogP contribution in [0.15, 0.2) is 77.5 Å². The molecule has 10 nitrogen and oxygen atoms in total. The van der Waals surface area contributed by atoms with Crippen molar-refractivity contribution < 1.29 is 23.4 Å². The highest BCUT2D eigenvalue weighted by atomic mass is 32.1. The highest BCUT2D eigenvalue weighted by molar-refractivity contribution is 7.10. The third-order valence-corrected chi connectivity index (χ3v) is 10.1. The molecule has 4 N–H and O–H groups in total. The van der Waals surface area contributed by atoms with E-state index in [4.69, 9.17) is 20.7 Å². The van der Waals surface area contributed by atoms with E-state index in [1.807, 2.05) is 42.5 Å². The first-order chi connectivity index (χ1) is 24.6. The molecular formula is C38H39F2N7O3S. The van der Waals surface area contributed by atoms with E-state index in [0.717, 1.165) is 47.7 Å². The minimum absolute atomic E-state index is 0.000803. The Balaban J connectivity index is 1.15. The Labute approximate surface area is 299 Å². The molecule has 2 aliphatic heterocycles. The van der Waals surface area contributed by atoms with Gasteiger partial charge in [0.05, 0.1) is 35.0 Å². The van der Waals surface area contributed by atoms with Crippen LogP contribution >= 0.6 is 11.3 Å². The van der Waals surface area contributed by atoms with Crippen LogP contribution in [0.25, 0.3) is 11.3 Å². The number of hydrogen-bond donors (Lipinski definition) is 3. The molecule has 1 fully saturated rings. The van der Waals surface area contributed by atoms with Gasteiger partial charge in [0, 0.05) is 54.3 Å². The van der Waals surface area contributed by atoms with Crippen LogP contribution in [0.2, 0.25) is 0 Å². The molecule has 264 valence electrons. The van der Waals surface area contributed by atoms with E-state index in [0.29, 0.717) is 28.6 Å². The number of halogens is 2. The number of ether oxygens (including phenoxy) is 1. The summed E-state index contributed by atoms with van der Waals surface area (Å²) in [6.45, 7) is 5.19. The normalized spacial score (nSPS) is 17.3. The van der Waals surface area contributed by atoms with Crippen molar-refractivity contribution in [2.45, 2.75) is 57.2 Å². The molecule has 51 heavy (non-hydrogen) atoms. The molecule has 4 atom stereocenters. The number of nitrogens with one attached hydrogen (secondary N) is 1. The lowest BCUT2D eigenvalue weighted by atomic mass is 9.81. The molecule has 1 aromatic heterocycles. The minimum Gasteiger partial charge on any atom is -0.425 e. The van der Waals surface area contributed by atoms with Gasteiger partial charge < -0.3 is 25.8 Å². The Hall–Kier alpha value is -5.00. The summed E-state index contributed by atoms with van der Waals surface area (Å²) in [7, 11) is 0. The van der Waals surface area contributed by atoms with Crippen LogP contribution < -0.4 is 15.8 Å². The number of aliphatic hydroxyl groups is 1. The maximum absolute atomic E-state index is 15.3. The number of nitrogens with zero attached hydrogens (tertiary/aromatic N) is 5. The summed E-state index contributed by atoms with van der Waals surface area (Å²) in [5.74, 6) is -2.67. The highest BCUT2D eigenvalue weighted by Gasteiger charge is 2.35. The van der Waals surface area contributed by atoms with Crippen molar-refractivity contribution in [3.05, 3.63) is 117 Å². The molecule has 0 bridgehead atoms. The summed E-state index contributed by atoms with van der Waals surface area (Å²) in [6, 6.07) is 16.1. The van der Waals surface area contributed by atoms with E-state index in [1.54, 1.807) is 41.8 Å². The molecule has 6 rings (SSSR count). The lowest BCUT2D eigenvalue weighted by Crippen LogP contribution is -2.37. The molecule has 1 saturated heterocycles. The van der Waals surface area contributed by atoms with Gasteiger partial charge in [0.1, 0.15) is 29.8 Å². The number of β-amino-alcohol motifs (C(OH)–C–C–N with tert-alkyl or cyclic N) is 1. The predicted molar refractivity (Wildman–Crippen MR) is 192 cm³/mol. The lowest BCUT2D eigenvalue weighted by Gasteiger charge is -2.32. The number of aryl methyl sites for hydroxylation is 2. The first kappa shape index (κ1) is 35.8. The van der Waals surface area contributed by atoms with Gasteiger partial charge in [-0.1, -0.05) is 30.3 Å². The second-order valence-electron chi connectivity index (χ2n) is 12.8. The van der Waals surface area contributed by atoms with Gasteiger partial charge in [-0.05, 0) is 73.7 Å². The molecule has 2 aliphatic rings. The number of rotatable bonds is 12. The third kappa shape index (κ3) is 8.32. The Morgan fingerprint density at radius 1 is 1.16 bits per heavy atom. The van der Waals surface area contributed by atoms with Crippen LogP contribution in [0, 0.1) is 36.8 Å². The zero-order chi connectivity index (χ0) is 36.1. The smallest absolute Gasteiger partial charge is 0.328 e. The van der Waals surface area contributed by atoms with Gasteiger partial charge in [0.15, 0.2) is 0 Å². The zero-order valence-corrected chi connectivity index (χ0v) is 29.1. The van der Waals surface area contributed by atoms with Crippen molar-refractivity contribution >= 4 is 23.6 Å². The number of carbonyl (C=O) groups excluding carboxylic acids is 1. The van der Waals surface area contributed by atoms with Gasteiger partial charge in [-0.15, -0.1) is 11.3 Å². The highest BCUT2D eigenvalue weighted by Crippen LogP contribution is 2.39. The zero-order valence-electron chi connectivity index (χ0n) is 28.3. The van der Waals surface area contributed by atoms with Gasteiger partial charge >= 0.3 is 5.97 Å². The quantitative estimate of drug-likeness (QED) is 0.126. The van der Waals surface area contributed by atoms with E-state index in [-0.39, 0.29) is 30.7 Å². The Bertz CT molecular complexity index is 1930. The van der Waals surface area contributed by atoms with Crippen LogP contribution in [-0.2, 0) is 11.3 Å². The molecule has 0 aliphatic carbocycles. The summed E-state index contributed by atoms with van der Waals surface area (Å²) < 4.78 is 35.1. The number of carbonyl (C=O) groups is 1. The van der Waals surface area contributed by atoms with Gasteiger partial charge in [0.2, 0.25) is 0 Å². The minimum atomic E-state index is -1.17. The number of nitriles is 1. The first-order valence-corrected chi connectivity index (χ1v) is 17.6. The van der Waals surface area contributed by atoms with E-state index >= 15 is 4.39 Å². The van der Waals surface area contributed by atoms with E-state index in [9.17, 15) is 14.3 Å². The van der Waals surface area contributed by atoms with Crippen molar-refractivity contribution in [3.63, 3.8) is 0 Å². The number of aliphatic hydroxyl groups excluding tert-OH is 1. The van der Waals surface area contributed by atoms with Gasteiger partial charge in [-0.3, -0.25) is 5.01 Å².